The van der Waals surface area contributed by atoms with Gasteiger partial charge in [0.1, 0.15) is 0 Å². The lowest BCUT2D eigenvalue weighted by atomic mass is 9.98. The third-order valence-corrected chi connectivity index (χ3v) is 5.20. The maximum atomic E-state index is 12.4. The summed E-state index contributed by atoms with van der Waals surface area (Å²) in [6, 6.07) is 10.4. The summed E-state index contributed by atoms with van der Waals surface area (Å²) >= 11 is 0. The molecule has 1 saturated heterocycles. The van der Waals surface area contributed by atoms with Crippen molar-refractivity contribution in [1.29, 1.82) is 0 Å². The highest BCUT2D eigenvalue weighted by Crippen LogP contribution is 2.22. The molecule has 5 heteroatoms. The number of piperidine rings is 1. The second-order valence-corrected chi connectivity index (χ2v) is 7.01. The van der Waals surface area contributed by atoms with Crippen LogP contribution in [0.4, 0.5) is 4.79 Å². The van der Waals surface area contributed by atoms with Crippen LogP contribution in [-0.4, -0.2) is 66.8 Å². The van der Waals surface area contributed by atoms with Gasteiger partial charge in [-0.05, 0) is 42.9 Å². The summed E-state index contributed by atoms with van der Waals surface area (Å²) in [6.45, 7) is 5.16. The Bertz CT molecular complexity index is 586. The topological polar surface area (TPSA) is 55.8 Å². The molecule has 2 amide bonds. The van der Waals surface area contributed by atoms with Crippen molar-refractivity contribution in [3.05, 3.63) is 42.0 Å². The van der Waals surface area contributed by atoms with Crippen molar-refractivity contribution >= 4 is 11.6 Å². The molecule has 1 aromatic rings. The third-order valence-electron chi connectivity index (χ3n) is 5.20. The van der Waals surface area contributed by atoms with E-state index in [4.69, 9.17) is 5.11 Å². The fourth-order valence-corrected chi connectivity index (χ4v) is 3.77. The van der Waals surface area contributed by atoms with Gasteiger partial charge in [-0.1, -0.05) is 36.4 Å². The molecule has 2 heterocycles. The van der Waals surface area contributed by atoms with Crippen LogP contribution in [0.3, 0.4) is 0 Å². The molecule has 0 aliphatic carbocycles. The van der Waals surface area contributed by atoms with E-state index in [1.165, 1.54) is 11.1 Å². The van der Waals surface area contributed by atoms with Gasteiger partial charge in [0.2, 0.25) is 0 Å². The van der Waals surface area contributed by atoms with E-state index < -0.39 is 0 Å². The molecule has 136 valence electrons. The van der Waals surface area contributed by atoms with Gasteiger partial charge in [0.25, 0.3) is 0 Å². The number of aliphatic hydroxyl groups is 1. The van der Waals surface area contributed by atoms with E-state index in [1.807, 2.05) is 11.0 Å². The largest absolute Gasteiger partial charge is 0.395 e. The first kappa shape index (κ1) is 18.0. The number of aliphatic hydroxyl groups excluding tert-OH is 1. The Hall–Kier alpha value is -1.85. The minimum atomic E-state index is 0.0441. The van der Waals surface area contributed by atoms with Crippen LogP contribution in [0, 0.1) is 5.92 Å². The summed E-state index contributed by atoms with van der Waals surface area (Å²) in [7, 11) is 0. The Morgan fingerprint density at radius 2 is 2.08 bits per heavy atom. The first-order valence-corrected chi connectivity index (χ1v) is 9.36. The molecule has 1 fully saturated rings. The summed E-state index contributed by atoms with van der Waals surface area (Å²) < 4.78 is 0. The van der Waals surface area contributed by atoms with Crippen LogP contribution in [0.2, 0.25) is 0 Å². The van der Waals surface area contributed by atoms with Gasteiger partial charge in [0.05, 0.1) is 6.61 Å². The second kappa shape index (κ2) is 9.02. The number of nitrogens with one attached hydrogen (secondary N) is 1. The Balaban J connectivity index is 1.44. The van der Waals surface area contributed by atoms with Gasteiger partial charge in [0.15, 0.2) is 0 Å². The van der Waals surface area contributed by atoms with Crippen molar-refractivity contribution in [2.45, 2.75) is 19.3 Å². The number of hydrogen-bond donors (Lipinski definition) is 2. The fourth-order valence-electron chi connectivity index (χ4n) is 3.77. The lowest BCUT2D eigenvalue weighted by Crippen LogP contribution is -2.46. The second-order valence-electron chi connectivity index (χ2n) is 7.01. The van der Waals surface area contributed by atoms with Crippen molar-refractivity contribution < 1.29 is 9.90 Å². The number of benzene rings is 1. The minimum Gasteiger partial charge on any atom is -0.395 e. The van der Waals surface area contributed by atoms with Crippen LogP contribution in [0.1, 0.15) is 24.8 Å². The van der Waals surface area contributed by atoms with Crippen molar-refractivity contribution in [2.24, 2.45) is 5.92 Å². The van der Waals surface area contributed by atoms with Crippen molar-refractivity contribution in [3.63, 3.8) is 0 Å². The van der Waals surface area contributed by atoms with E-state index in [-0.39, 0.29) is 12.6 Å². The fraction of sp³-hybridized carbons (Fsp3) is 0.550. The zero-order valence-corrected chi connectivity index (χ0v) is 14.9. The number of amides is 2. The number of carbonyl (C=O) groups excluding carboxylic acids is 1. The van der Waals surface area contributed by atoms with Crippen LogP contribution in [-0.2, 0) is 0 Å². The Labute approximate surface area is 150 Å². The molecule has 1 aromatic carbocycles. The Kier molecular flexibility index (Phi) is 6.48. The monoisotopic (exact) mass is 343 g/mol. The van der Waals surface area contributed by atoms with E-state index in [0.717, 1.165) is 52.0 Å². The highest BCUT2D eigenvalue weighted by Gasteiger charge is 2.22. The van der Waals surface area contributed by atoms with E-state index >= 15 is 0 Å². The van der Waals surface area contributed by atoms with Gasteiger partial charge in [-0.25, -0.2) is 4.79 Å². The zero-order valence-electron chi connectivity index (χ0n) is 14.9. The first-order valence-electron chi connectivity index (χ1n) is 9.36. The van der Waals surface area contributed by atoms with E-state index in [0.29, 0.717) is 12.5 Å². The quantitative estimate of drug-likeness (QED) is 0.862. The molecule has 0 aromatic heterocycles. The normalized spacial score (nSPS) is 21.7. The third kappa shape index (κ3) is 5.06. The molecule has 5 nitrogen and oxygen atoms in total. The average molecular weight is 343 g/mol. The predicted molar refractivity (Wildman–Crippen MR) is 100 cm³/mol. The van der Waals surface area contributed by atoms with Gasteiger partial charge in [-0.15, -0.1) is 0 Å². The molecule has 2 aliphatic heterocycles. The van der Waals surface area contributed by atoms with Crippen LogP contribution in [0.5, 0.6) is 0 Å². The van der Waals surface area contributed by atoms with Crippen LogP contribution >= 0.6 is 0 Å². The number of nitrogens with zero attached hydrogens (tertiary/aromatic N) is 2. The number of rotatable bonds is 5. The van der Waals surface area contributed by atoms with Crippen molar-refractivity contribution in [2.75, 3.05) is 45.9 Å². The number of urea groups is 1. The summed E-state index contributed by atoms with van der Waals surface area (Å²) in [5.41, 5.74) is 2.59. The Morgan fingerprint density at radius 1 is 1.24 bits per heavy atom. The first-order chi connectivity index (χ1) is 12.3. The smallest absolute Gasteiger partial charge is 0.317 e. The lowest BCUT2D eigenvalue weighted by molar-refractivity contribution is 0.137. The SMILES string of the molecule is O=C(NC[C@H]1CCCN(CCO)C1)N1CC=C(c2ccccc2)CC1. The number of hydrogen-bond acceptors (Lipinski definition) is 3. The van der Waals surface area contributed by atoms with Crippen LogP contribution in [0.25, 0.3) is 5.57 Å². The van der Waals surface area contributed by atoms with E-state index in [1.54, 1.807) is 0 Å². The molecule has 3 rings (SSSR count). The lowest BCUT2D eigenvalue weighted by Gasteiger charge is -2.33. The van der Waals surface area contributed by atoms with Crippen molar-refractivity contribution in [3.8, 4) is 0 Å². The molecule has 2 N–H and O–H groups in total. The summed E-state index contributed by atoms with van der Waals surface area (Å²) in [6.07, 6.45) is 5.38. The highest BCUT2D eigenvalue weighted by molar-refractivity contribution is 5.76. The minimum absolute atomic E-state index is 0.0441. The predicted octanol–water partition coefficient (Wildman–Crippen LogP) is 2.19. The highest BCUT2D eigenvalue weighted by atomic mass is 16.3. The van der Waals surface area contributed by atoms with Gasteiger partial charge in [-0.2, -0.15) is 0 Å². The molecule has 1 atom stereocenters. The summed E-state index contributed by atoms with van der Waals surface area (Å²) in [4.78, 5) is 16.6. The molecule has 25 heavy (non-hydrogen) atoms. The van der Waals surface area contributed by atoms with Gasteiger partial charge < -0.3 is 20.2 Å². The van der Waals surface area contributed by atoms with Crippen molar-refractivity contribution in [1.82, 2.24) is 15.1 Å². The van der Waals surface area contributed by atoms with Crippen LogP contribution in [0.15, 0.2) is 36.4 Å². The van der Waals surface area contributed by atoms with Crippen LogP contribution < -0.4 is 5.32 Å². The number of β-amino-alcohol motifs (C(OH)–C–C–N with tert-alkyl or cyclic N) is 1. The Morgan fingerprint density at radius 3 is 2.80 bits per heavy atom. The molecule has 2 aliphatic rings. The zero-order chi connectivity index (χ0) is 17.5. The number of carbonyl (C=O) groups is 1. The molecule has 0 saturated carbocycles. The molecule has 0 unspecified atom stereocenters. The van der Waals surface area contributed by atoms with Gasteiger partial charge in [0, 0.05) is 32.7 Å². The molecule has 0 spiro atoms. The molecular formula is C20H29N3O2. The van der Waals surface area contributed by atoms with E-state index in [9.17, 15) is 4.79 Å². The van der Waals surface area contributed by atoms with E-state index in [2.05, 4.69) is 40.6 Å². The maximum absolute atomic E-state index is 12.4. The summed E-state index contributed by atoms with van der Waals surface area (Å²) in [5.74, 6) is 0.490. The molecular weight excluding hydrogens is 314 g/mol. The molecule has 0 radical (unpaired) electrons. The standard InChI is InChI=1S/C20H29N3O2/c24-14-13-22-10-4-5-17(16-22)15-21-20(25)23-11-8-19(9-12-23)18-6-2-1-3-7-18/h1-3,6-8,17,24H,4-5,9-16H2,(H,21,25)/t17-/m1/s1. The van der Waals surface area contributed by atoms with Gasteiger partial charge in [-0.3, -0.25) is 0 Å². The molecule has 0 bridgehead atoms. The number of likely N-dealkylation sites (tertiary alicyclic amines) is 1. The average Bonchev–Trinajstić information content (AvgIpc) is 2.67. The van der Waals surface area contributed by atoms with Gasteiger partial charge >= 0.3 is 6.03 Å². The summed E-state index contributed by atoms with van der Waals surface area (Å²) in [5, 5.41) is 12.2. The maximum Gasteiger partial charge on any atom is 0.317 e.